The second-order valence-electron chi connectivity index (χ2n) is 14.3. The average molecular weight is 705 g/mol. The third-order valence-electron chi connectivity index (χ3n) is 8.01. The van der Waals surface area contributed by atoms with Crippen molar-refractivity contribution in [3.05, 3.63) is 65.7 Å². The van der Waals surface area contributed by atoms with Crippen LogP contribution in [0.15, 0.2) is 54.6 Å². The minimum absolute atomic E-state index is 0.0355. The van der Waals surface area contributed by atoms with Crippen LogP contribution < -0.4 is 25.0 Å². The van der Waals surface area contributed by atoms with Crippen LogP contribution in [0.5, 0.6) is 11.5 Å². The molecule has 13 nitrogen and oxygen atoms in total. The van der Waals surface area contributed by atoms with Crippen molar-refractivity contribution in [1.29, 1.82) is 0 Å². The van der Waals surface area contributed by atoms with Crippen LogP contribution in [-0.2, 0) is 30.4 Å². The van der Waals surface area contributed by atoms with Gasteiger partial charge >= 0.3 is 12.1 Å². The molecule has 3 aromatic rings. The summed E-state index contributed by atoms with van der Waals surface area (Å²) < 4.78 is 22.5. The first-order valence-electron chi connectivity index (χ1n) is 16.8. The molecule has 51 heavy (non-hydrogen) atoms. The summed E-state index contributed by atoms with van der Waals surface area (Å²) in [5, 5.41) is 6.99. The predicted octanol–water partition coefficient (Wildman–Crippen LogP) is 4.98. The predicted molar refractivity (Wildman–Crippen MR) is 192 cm³/mol. The van der Waals surface area contributed by atoms with Gasteiger partial charge in [-0.1, -0.05) is 24.3 Å². The number of nitrogens with one attached hydrogen (secondary N) is 2. The molecule has 0 radical (unpaired) electrons. The van der Waals surface area contributed by atoms with Gasteiger partial charge in [-0.3, -0.25) is 24.1 Å². The molecule has 13 heteroatoms. The van der Waals surface area contributed by atoms with Gasteiger partial charge in [0, 0.05) is 24.7 Å². The maximum absolute atomic E-state index is 14.3. The summed E-state index contributed by atoms with van der Waals surface area (Å²) in [6.45, 7) is 12.1. The van der Waals surface area contributed by atoms with E-state index in [-0.39, 0.29) is 32.0 Å². The van der Waals surface area contributed by atoms with E-state index in [9.17, 15) is 24.0 Å². The molecule has 4 rings (SSSR count). The van der Waals surface area contributed by atoms with Crippen molar-refractivity contribution in [2.45, 2.75) is 84.7 Å². The number of carbonyl (C=O) groups is 5. The first-order chi connectivity index (χ1) is 23.9. The highest BCUT2D eigenvalue weighted by Crippen LogP contribution is 2.36. The molecule has 4 amide bonds. The Morgan fingerprint density at radius 3 is 2.33 bits per heavy atom. The van der Waals surface area contributed by atoms with Crippen LogP contribution in [0.1, 0.15) is 70.8 Å². The normalized spacial score (nSPS) is 15.1. The molecule has 0 aliphatic carbocycles. The van der Waals surface area contributed by atoms with Crippen LogP contribution in [0.25, 0.3) is 10.8 Å². The van der Waals surface area contributed by atoms with E-state index >= 15 is 0 Å². The number of esters is 1. The van der Waals surface area contributed by atoms with Crippen LogP contribution in [0.3, 0.4) is 0 Å². The number of hydrogen-bond donors (Lipinski definition) is 2. The highest BCUT2D eigenvalue weighted by molar-refractivity contribution is 6.03. The van der Waals surface area contributed by atoms with Crippen LogP contribution >= 0.6 is 0 Å². The fourth-order valence-electron chi connectivity index (χ4n) is 5.38. The number of benzene rings is 3. The summed E-state index contributed by atoms with van der Waals surface area (Å²) in [5.74, 6) is -0.780. The Labute approximate surface area is 298 Å². The van der Waals surface area contributed by atoms with Gasteiger partial charge in [-0.05, 0) is 89.6 Å². The van der Waals surface area contributed by atoms with E-state index < -0.39 is 47.2 Å². The molecule has 1 aliphatic rings. The monoisotopic (exact) mass is 704 g/mol. The molecule has 274 valence electrons. The van der Waals surface area contributed by atoms with E-state index in [1.165, 1.54) is 24.0 Å². The smallest absolute Gasteiger partial charge is 0.410 e. The van der Waals surface area contributed by atoms with Gasteiger partial charge < -0.3 is 34.5 Å². The van der Waals surface area contributed by atoms with E-state index in [0.717, 1.165) is 10.8 Å². The Kier molecular flexibility index (Phi) is 11.8. The summed E-state index contributed by atoms with van der Waals surface area (Å²) in [6, 6.07) is 13.8. The van der Waals surface area contributed by atoms with Crippen LogP contribution in [0, 0.1) is 0 Å². The zero-order valence-corrected chi connectivity index (χ0v) is 30.7. The van der Waals surface area contributed by atoms with Crippen molar-refractivity contribution in [2.24, 2.45) is 0 Å². The first kappa shape index (κ1) is 38.5. The molecule has 0 saturated heterocycles. The molecule has 0 bridgehead atoms. The van der Waals surface area contributed by atoms with E-state index in [1.807, 2.05) is 6.07 Å². The van der Waals surface area contributed by atoms with Gasteiger partial charge in [0.15, 0.2) is 0 Å². The van der Waals surface area contributed by atoms with Gasteiger partial charge in [0.05, 0.1) is 25.8 Å². The maximum Gasteiger partial charge on any atom is 0.410 e. The minimum Gasteiger partial charge on any atom is -0.496 e. The van der Waals surface area contributed by atoms with Crippen molar-refractivity contribution >= 4 is 46.2 Å². The molecule has 2 N–H and O–H groups in total. The number of ether oxygens (including phenoxy) is 4. The Hall–Kier alpha value is -5.33. The van der Waals surface area contributed by atoms with Gasteiger partial charge in [0.1, 0.15) is 41.4 Å². The lowest BCUT2D eigenvalue weighted by Gasteiger charge is -2.30. The molecule has 0 fully saturated rings. The molecule has 0 saturated carbocycles. The Balaban J connectivity index is 1.58. The number of para-hydroxylation sites is 2. The average Bonchev–Trinajstić information content (AvgIpc) is 3.18. The molecule has 2 unspecified atom stereocenters. The lowest BCUT2D eigenvalue weighted by molar-refractivity contribution is -0.154. The maximum atomic E-state index is 14.3. The Bertz CT molecular complexity index is 1790. The quantitative estimate of drug-likeness (QED) is 0.279. The third kappa shape index (κ3) is 9.89. The number of carbonyl (C=O) groups excluding carboxylic acids is 5. The largest absolute Gasteiger partial charge is 0.496 e. The van der Waals surface area contributed by atoms with Gasteiger partial charge in [-0.2, -0.15) is 0 Å². The zero-order chi connectivity index (χ0) is 37.7. The number of fused-ring (bicyclic) bond motifs is 2. The standard InChI is InChI=1S/C38H48N4O9/c1-23(41(8)36(47)51-38(5,6)7)33(44)40-28-22-49-31-13-11-10-12-29(31)42(35(28)46)21-27-26-16-14-25(20-24(26)15-17-30(27)48-9)34(45)39-19-18-32(43)50-37(2,3)4/h10-17,20,23,28H,18-19,21-22H2,1-9H3,(H,39,45)(H,40,44). The summed E-state index contributed by atoms with van der Waals surface area (Å²) in [4.78, 5) is 68.0. The van der Waals surface area contributed by atoms with E-state index in [1.54, 1.807) is 97.0 Å². The Morgan fingerprint density at radius 1 is 0.980 bits per heavy atom. The number of amides is 4. The molecule has 1 aliphatic heterocycles. The number of hydrogen-bond acceptors (Lipinski definition) is 9. The number of nitrogens with zero attached hydrogens (tertiary/aromatic N) is 2. The second kappa shape index (κ2) is 15.7. The lowest BCUT2D eigenvalue weighted by Crippen LogP contribution is -2.55. The number of likely N-dealkylation sites (N-methyl/N-ethyl adjacent to an activating group) is 1. The molecule has 0 spiro atoms. The van der Waals surface area contributed by atoms with Crippen molar-refractivity contribution in [3.8, 4) is 11.5 Å². The van der Waals surface area contributed by atoms with Gasteiger partial charge in [0.2, 0.25) is 5.91 Å². The van der Waals surface area contributed by atoms with Gasteiger partial charge in [0.25, 0.3) is 11.8 Å². The third-order valence-corrected chi connectivity index (χ3v) is 8.01. The van der Waals surface area contributed by atoms with E-state index in [0.29, 0.717) is 28.3 Å². The molecular formula is C38H48N4O9. The van der Waals surface area contributed by atoms with Crippen molar-refractivity contribution < 1.29 is 42.9 Å². The number of anilines is 1. The minimum atomic E-state index is -1.09. The fourth-order valence-corrected chi connectivity index (χ4v) is 5.38. The van der Waals surface area contributed by atoms with Crippen LogP contribution in [-0.4, -0.2) is 85.3 Å². The molecule has 2 atom stereocenters. The summed E-state index contributed by atoms with van der Waals surface area (Å²) >= 11 is 0. The lowest BCUT2D eigenvalue weighted by atomic mass is 9.99. The molecular weight excluding hydrogens is 656 g/mol. The zero-order valence-electron chi connectivity index (χ0n) is 30.7. The van der Waals surface area contributed by atoms with Crippen LogP contribution in [0.2, 0.25) is 0 Å². The van der Waals surface area contributed by atoms with E-state index in [2.05, 4.69) is 10.6 Å². The topological polar surface area (TPSA) is 153 Å². The Morgan fingerprint density at radius 2 is 1.67 bits per heavy atom. The second-order valence-corrected chi connectivity index (χ2v) is 14.3. The number of methoxy groups -OCH3 is 1. The fraction of sp³-hybridized carbons (Fsp3) is 0.447. The summed E-state index contributed by atoms with van der Waals surface area (Å²) in [5.41, 5.74) is 0.191. The summed E-state index contributed by atoms with van der Waals surface area (Å²) in [7, 11) is 2.99. The first-order valence-corrected chi connectivity index (χ1v) is 16.8. The molecule has 1 heterocycles. The van der Waals surface area contributed by atoms with Crippen molar-refractivity contribution in [2.75, 3.05) is 32.2 Å². The van der Waals surface area contributed by atoms with Crippen molar-refractivity contribution in [1.82, 2.24) is 15.5 Å². The number of rotatable bonds is 10. The van der Waals surface area contributed by atoms with E-state index in [4.69, 9.17) is 18.9 Å². The van der Waals surface area contributed by atoms with Crippen LogP contribution in [0.4, 0.5) is 10.5 Å². The molecule has 0 aromatic heterocycles. The highest BCUT2D eigenvalue weighted by atomic mass is 16.6. The van der Waals surface area contributed by atoms with Gasteiger partial charge in [-0.15, -0.1) is 0 Å². The van der Waals surface area contributed by atoms with Crippen molar-refractivity contribution in [3.63, 3.8) is 0 Å². The molecule has 3 aromatic carbocycles. The summed E-state index contributed by atoms with van der Waals surface area (Å²) in [6.07, 6.45) is -0.638. The highest BCUT2D eigenvalue weighted by Gasteiger charge is 2.36. The SMILES string of the molecule is COc1ccc2cc(C(=O)NCCC(=O)OC(C)(C)C)ccc2c1CN1C(=O)C(NC(=O)C(C)N(C)C(=O)OC(C)(C)C)COc2ccccc21. The van der Waals surface area contributed by atoms with Gasteiger partial charge in [-0.25, -0.2) is 4.79 Å².